The Kier molecular flexibility index (Phi) is 3.84. The van der Waals surface area contributed by atoms with Crippen molar-refractivity contribution in [3.63, 3.8) is 0 Å². The second-order valence-electron chi connectivity index (χ2n) is 4.89. The number of carbonyl (C=O) groups excluding carboxylic acids is 2. The van der Waals surface area contributed by atoms with Crippen LogP contribution in [-0.2, 0) is 4.79 Å². The molecule has 0 saturated heterocycles. The Labute approximate surface area is 133 Å². The van der Waals surface area contributed by atoms with Crippen molar-refractivity contribution in [2.75, 3.05) is 16.8 Å². The van der Waals surface area contributed by atoms with E-state index in [0.717, 1.165) is 18.3 Å². The largest absolute Gasteiger partial charge is 0.574 e. The van der Waals surface area contributed by atoms with Crippen LogP contribution in [0.5, 0.6) is 5.88 Å². The summed E-state index contributed by atoms with van der Waals surface area (Å²) < 4.78 is 40.0. The minimum atomic E-state index is -4.86. The molecular formula is C15H10F3N3O3. The molecule has 2 heterocycles. The third-order valence-corrected chi connectivity index (χ3v) is 3.22. The number of aromatic nitrogens is 1. The molecule has 0 unspecified atom stereocenters. The summed E-state index contributed by atoms with van der Waals surface area (Å²) in [4.78, 5) is 29.0. The van der Waals surface area contributed by atoms with Crippen LogP contribution < -0.4 is 15.0 Å². The minimum absolute atomic E-state index is 0.0361. The van der Waals surface area contributed by atoms with Crippen molar-refractivity contribution in [3.8, 4) is 5.88 Å². The van der Waals surface area contributed by atoms with Gasteiger partial charge in [-0.15, -0.1) is 13.2 Å². The number of pyridine rings is 1. The van der Waals surface area contributed by atoms with Gasteiger partial charge in [0.1, 0.15) is 6.54 Å². The number of hydrogen-bond donors (Lipinski definition) is 1. The summed E-state index contributed by atoms with van der Waals surface area (Å²) in [6.45, 7) is -0.198. The first-order valence-corrected chi connectivity index (χ1v) is 6.76. The van der Waals surface area contributed by atoms with E-state index in [9.17, 15) is 22.8 Å². The van der Waals surface area contributed by atoms with Crippen molar-refractivity contribution >= 4 is 23.2 Å². The number of halogens is 3. The third kappa shape index (κ3) is 3.29. The summed E-state index contributed by atoms with van der Waals surface area (Å²) in [6, 6.07) is 8.81. The highest BCUT2D eigenvalue weighted by atomic mass is 19.4. The summed E-state index contributed by atoms with van der Waals surface area (Å²) in [5, 5.41) is 2.64. The predicted molar refractivity (Wildman–Crippen MR) is 77.7 cm³/mol. The van der Waals surface area contributed by atoms with Gasteiger partial charge in [-0.05, 0) is 18.2 Å². The lowest BCUT2D eigenvalue weighted by Crippen LogP contribution is -2.42. The Bertz CT molecular complexity index is 791. The van der Waals surface area contributed by atoms with Crippen molar-refractivity contribution in [2.45, 2.75) is 6.36 Å². The summed E-state index contributed by atoms with van der Waals surface area (Å²) in [7, 11) is 0. The molecule has 0 fully saturated rings. The lowest BCUT2D eigenvalue weighted by molar-refractivity contribution is -0.276. The molecule has 0 radical (unpaired) electrons. The molecule has 0 atom stereocenters. The molecule has 0 saturated carbocycles. The molecule has 6 nitrogen and oxygen atoms in total. The van der Waals surface area contributed by atoms with Gasteiger partial charge in [0.15, 0.2) is 0 Å². The number of nitrogens with zero attached hydrogens (tertiary/aromatic N) is 2. The zero-order chi connectivity index (χ0) is 17.3. The molecule has 1 aliphatic heterocycles. The number of alkyl halides is 3. The fourth-order valence-corrected chi connectivity index (χ4v) is 2.26. The minimum Gasteiger partial charge on any atom is -0.388 e. The Balaban J connectivity index is 1.86. The Morgan fingerprint density at radius 1 is 1.21 bits per heavy atom. The van der Waals surface area contributed by atoms with Gasteiger partial charge in [0.2, 0.25) is 11.8 Å². The topological polar surface area (TPSA) is 71.5 Å². The summed E-state index contributed by atoms with van der Waals surface area (Å²) in [5.74, 6) is -1.59. The van der Waals surface area contributed by atoms with Crippen LogP contribution in [0.3, 0.4) is 0 Å². The van der Waals surface area contributed by atoms with E-state index in [2.05, 4.69) is 15.0 Å². The standard InChI is InChI=1S/C15H10F3N3O3/c16-15(17,18)24-13-6-5-9(7-19-13)14(23)21-8-12(22)20-10-3-1-2-4-11(10)21/h1-7H,8H2,(H,20,22). The van der Waals surface area contributed by atoms with Crippen LogP contribution in [0.25, 0.3) is 0 Å². The number of nitrogens with one attached hydrogen (secondary N) is 1. The van der Waals surface area contributed by atoms with Crippen LogP contribution >= 0.6 is 0 Å². The van der Waals surface area contributed by atoms with Crippen molar-refractivity contribution < 1.29 is 27.5 Å². The quantitative estimate of drug-likeness (QED) is 0.914. The van der Waals surface area contributed by atoms with Gasteiger partial charge in [0.25, 0.3) is 5.91 Å². The maximum Gasteiger partial charge on any atom is 0.574 e. The maximum absolute atomic E-state index is 12.5. The van der Waals surface area contributed by atoms with Crippen LogP contribution in [0.1, 0.15) is 10.4 Å². The fourth-order valence-electron chi connectivity index (χ4n) is 2.26. The van der Waals surface area contributed by atoms with Gasteiger partial charge in [-0.25, -0.2) is 4.98 Å². The van der Waals surface area contributed by atoms with E-state index in [1.165, 1.54) is 4.90 Å². The lowest BCUT2D eigenvalue weighted by Gasteiger charge is -2.29. The first-order chi connectivity index (χ1) is 11.3. The summed E-state index contributed by atoms with van der Waals surface area (Å²) >= 11 is 0. The first-order valence-electron chi connectivity index (χ1n) is 6.76. The molecule has 2 aromatic rings. The monoisotopic (exact) mass is 337 g/mol. The van der Waals surface area contributed by atoms with Crippen LogP contribution in [-0.4, -0.2) is 29.7 Å². The van der Waals surface area contributed by atoms with Gasteiger partial charge < -0.3 is 10.1 Å². The number of para-hydroxylation sites is 2. The molecule has 9 heteroatoms. The number of amides is 2. The van der Waals surface area contributed by atoms with E-state index in [0.29, 0.717) is 11.4 Å². The van der Waals surface area contributed by atoms with E-state index in [1.807, 2.05) is 0 Å². The number of benzene rings is 1. The van der Waals surface area contributed by atoms with Gasteiger partial charge >= 0.3 is 6.36 Å². The smallest absolute Gasteiger partial charge is 0.388 e. The van der Waals surface area contributed by atoms with Gasteiger partial charge in [-0.2, -0.15) is 0 Å². The summed E-state index contributed by atoms with van der Waals surface area (Å²) in [6.07, 6.45) is -3.89. The van der Waals surface area contributed by atoms with Crippen LogP contribution in [0.4, 0.5) is 24.5 Å². The van der Waals surface area contributed by atoms with E-state index in [4.69, 9.17) is 0 Å². The van der Waals surface area contributed by atoms with E-state index < -0.39 is 18.1 Å². The van der Waals surface area contributed by atoms with E-state index in [-0.39, 0.29) is 18.0 Å². The zero-order valence-electron chi connectivity index (χ0n) is 12.0. The Morgan fingerprint density at radius 3 is 2.62 bits per heavy atom. The van der Waals surface area contributed by atoms with Gasteiger partial charge in [-0.3, -0.25) is 14.5 Å². The second kappa shape index (κ2) is 5.84. The second-order valence-corrected chi connectivity index (χ2v) is 4.89. The molecular weight excluding hydrogens is 327 g/mol. The predicted octanol–water partition coefficient (Wildman–Crippen LogP) is 2.58. The molecule has 1 aromatic heterocycles. The Morgan fingerprint density at radius 2 is 1.96 bits per heavy atom. The van der Waals surface area contributed by atoms with Crippen molar-refractivity contribution in [1.82, 2.24) is 4.98 Å². The van der Waals surface area contributed by atoms with Crippen molar-refractivity contribution in [3.05, 3.63) is 48.2 Å². The molecule has 0 spiro atoms. The molecule has 1 N–H and O–H groups in total. The molecule has 124 valence electrons. The van der Waals surface area contributed by atoms with Crippen molar-refractivity contribution in [1.29, 1.82) is 0 Å². The highest BCUT2D eigenvalue weighted by Gasteiger charge is 2.32. The van der Waals surface area contributed by atoms with Crippen LogP contribution in [0.15, 0.2) is 42.6 Å². The van der Waals surface area contributed by atoms with E-state index in [1.54, 1.807) is 24.3 Å². The van der Waals surface area contributed by atoms with Crippen LogP contribution in [0, 0.1) is 0 Å². The SMILES string of the molecule is O=C1CN(C(=O)c2ccc(OC(F)(F)F)nc2)c2ccccc2N1. The normalized spacial score (nSPS) is 14.0. The average Bonchev–Trinajstić information content (AvgIpc) is 2.52. The molecule has 3 rings (SSSR count). The Hall–Kier alpha value is -3.10. The van der Waals surface area contributed by atoms with Gasteiger partial charge in [0.05, 0.1) is 16.9 Å². The number of fused-ring (bicyclic) bond motifs is 1. The van der Waals surface area contributed by atoms with Crippen LogP contribution in [0.2, 0.25) is 0 Å². The highest BCUT2D eigenvalue weighted by molar-refractivity contribution is 6.15. The summed E-state index contributed by atoms with van der Waals surface area (Å²) in [5.41, 5.74) is 1.01. The number of ether oxygens (including phenoxy) is 1. The molecule has 24 heavy (non-hydrogen) atoms. The first kappa shape index (κ1) is 15.8. The van der Waals surface area contributed by atoms with E-state index >= 15 is 0 Å². The fraction of sp³-hybridized carbons (Fsp3) is 0.133. The third-order valence-electron chi connectivity index (χ3n) is 3.22. The molecule has 0 aliphatic carbocycles. The number of anilines is 2. The average molecular weight is 337 g/mol. The lowest BCUT2D eigenvalue weighted by atomic mass is 10.1. The molecule has 2 amide bonds. The number of rotatable bonds is 2. The van der Waals surface area contributed by atoms with Gasteiger partial charge in [0, 0.05) is 12.3 Å². The number of hydrogen-bond acceptors (Lipinski definition) is 4. The molecule has 1 aliphatic rings. The molecule has 0 bridgehead atoms. The van der Waals surface area contributed by atoms with Crippen molar-refractivity contribution in [2.24, 2.45) is 0 Å². The molecule has 1 aromatic carbocycles. The maximum atomic E-state index is 12.5. The number of carbonyl (C=O) groups is 2. The highest BCUT2D eigenvalue weighted by Crippen LogP contribution is 2.30. The zero-order valence-corrected chi connectivity index (χ0v) is 12.0. The van der Waals surface area contributed by atoms with Gasteiger partial charge in [-0.1, -0.05) is 12.1 Å².